The number of carbonyl (C=O) groups is 1. The van der Waals surface area contributed by atoms with Crippen LogP contribution in [-0.4, -0.2) is 56.0 Å². The van der Waals surface area contributed by atoms with E-state index in [1.807, 2.05) is 25.1 Å². The minimum Gasteiger partial charge on any atom is -0.465 e. The lowest BCUT2D eigenvalue weighted by Gasteiger charge is -2.44. The molecule has 7 heteroatoms. The zero-order chi connectivity index (χ0) is 17.1. The Kier molecular flexibility index (Phi) is 4.80. The van der Waals surface area contributed by atoms with Crippen molar-refractivity contribution in [2.75, 3.05) is 13.1 Å². The Morgan fingerprint density at radius 2 is 2.08 bits per heavy atom. The summed E-state index contributed by atoms with van der Waals surface area (Å²) in [6.45, 7) is 4.11. The molecule has 2 atom stereocenters. The van der Waals surface area contributed by atoms with Gasteiger partial charge in [-0.15, -0.1) is 0 Å². The van der Waals surface area contributed by atoms with Gasteiger partial charge in [-0.2, -0.15) is 5.10 Å². The number of piperazine rings is 1. The second-order valence-corrected chi connectivity index (χ2v) is 6.23. The predicted octanol–water partition coefficient (Wildman–Crippen LogP) is 2.28. The number of aromatic nitrogens is 2. The molecule has 0 aliphatic carbocycles. The summed E-state index contributed by atoms with van der Waals surface area (Å²) in [5.74, 6) is -0.385. The van der Waals surface area contributed by atoms with Crippen LogP contribution in [0.1, 0.15) is 12.5 Å². The average Bonchev–Trinajstić information content (AvgIpc) is 2.95. The highest BCUT2D eigenvalue weighted by molar-refractivity contribution is 5.65. The van der Waals surface area contributed by atoms with Crippen LogP contribution in [-0.2, 0) is 13.1 Å². The van der Waals surface area contributed by atoms with Gasteiger partial charge in [-0.05, 0) is 12.5 Å². The summed E-state index contributed by atoms with van der Waals surface area (Å²) in [7, 11) is 0. The van der Waals surface area contributed by atoms with Crippen LogP contribution < -0.4 is 0 Å². The van der Waals surface area contributed by atoms with Gasteiger partial charge in [0.15, 0.2) is 5.82 Å². The third-order valence-corrected chi connectivity index (χ3v) is 4.43. The second kappa shape index (κ2) is 7.00. The monoisotopic (exact) mass is 332 g/mol. The molecule has 3 rings (SSSR count). The molecule has 24 heavy (non-hydrogen) atoms. The van der Waals surface area contributed by atoms with Crippen molar-refractivity contribution in [3.8, 4) is 0 Å². The standard InChI is InChI=1S/C17H21FN4O2/c1-13-8-20(9-14-5-3-2-4-6-14)16(12-22(13)17(23)24)11-21-10-15(18)7-19-21/h2-7,10,13,16H,8-9,11-12H2,1H3,(H,23,24)/t13-,16+/m1/s1. The normalized spacial score (nSPS) is 21.8. The first-order valence-electron chi connectivity index (χ1n) is 7.98. The van der Waals surface area contributed by atoms with E-state index in [2.05, 4.69) is 22.1 Å². The van der Waals surface area contributed by atoms with Crippen LogP contribution in [0.5, 0.6) is 0 Å². The van der Waals surface area contributed by atoms with Crippen LogP contribution in [0.15, 0.2) is 42.7 Å². The van der Waals surface area contributed by atoms with Crippen LogP contribution >= 0.6 is 0 Å². The Morgan fingerprint density at radius 1 is 1.33 bits per heavy atom. The first-order chi connectivity index (χ1) is 11.5. The lowest BCUT2D eigenvalue weighted by atomic mass is 10.1. The van der Waals surface area contributed by atoms with Crippen molar-refractivity contribution in [2.45, 2.75) is 32.1 Å². The summed E-state index contributed by atoms with van der Waals surface area (Å²) in [5, 5.41) is 13.4. The second-order valence-electron chi connectivity index (χ2n) is 6.23. The summed E-state index contributed by atoms with van der Waals surface area (Å²) >= 11 is 0. The third-order valence-electron chi connectivity index (χ3n) is 4.43. The van der Waals surface area contributed by atoms with Gasteiger partial charge in [0.25, 0.3) is 0 Å². The smallest absolute Gasteiger partial charge is 0.407 e. The van der Waals surface area contributed by atoms with Crippen molar-refractivity contribution in [3.05, 3.63) is 54.1 Å². The summed E-state index contributed by atoms with van der Waals surface area (Å²) < 4.78 is 14.7. The Labute approximate surface area is 140 Å². The van der Waals surface area contributed by atoms with Crippen LogP contribution in [0.2, 0.25) is 0 Å². The number of hydrogen-bond acceptors (Lipinski definition) is 3. The first kappa shape index (κ1) is 16.4. The Bertz CT molecular complexity index is 691. The number of rotatable bonds is 4. The minimum atomic E-state index is -0.918. The van der Waals surface area contributed by atoms with Crippen molar-refractivity contribution in [1.82, 2.24) is 19.6 Å². The molecule has 1 amide bonds. The minimum absolute atomic E-state index is 0.0585. The Balaban J connectivity index is 1.78. The van der Waals surface area contributed by atoms with Crippen molar-refractivity contribution in [3.63, 3.8) is 0 Å². The molecule has 0 radical (unpaired) electrons. The van der Waals surface area contributed by atoms with Crippen LogP contribution in [0, 0.1) is 5.82 Å². The molecule has 0 saturated carbocycles. The number of hydrogen-bond donors (Lipinski definition) is 1. The van der Waals surface area contributed by atoms with Crippen molar-refractivity contribution in [1.29, 1.82) is 0 Å². The van der Waals surface area contributed by atoms with E-state index < -0.39 is 6.09 Å². The molecule has 0 bridgehead atoms. The molecule has 1 aromatic carbocycles. The quantitative estimate of drug-likeness (QED) is 0.933. The molecule has 1 aromatic heterocycles. The van der Waals surface area contributed by atoms with Gasteiger partial charge in [0.1, 0.15) is 0 Å². The number of halogens is 1. The van der Waals surface area contributed by atoms with E-state index in [4.69, 9.17) is 0 Å². The topological polar surface area (TPSA) is 61.6 Å². The average molecular weight is 332 g/mol. The zero-order valence-electron chi connectivity index (χ0n) is 13.5. The number of nitrogens with zero attached hydrogens (tertiary/aromatic N) is 4. The number of carboxylic acid groups (broad SMARTS) is 1. The van der Waals surface area contributed by atoms with Gasteiger partial charge < -0.3 is 10.0 Å². The number of amides is 1. The summed E-state index contributed by atoms with van der Waals surface area (Å²) in [6, 6.07) is 9.92. The molecule has 1 fully saturated rings. The molecule has 0 unspecified atom stereocenters. The van der Waals surface area contributed by atoms with Gasteiger partial charge in [-0.3, -0.25) is 9.58 Å². The maximum atomic E-state index is 13.2. The Morgan fingerprint density at radius 3 is 2.71 bits per heavy atom. The molecule has 1 aliphatic rings. The molecule has 2 heterocycles. The molecule has 128 valence electrons. The highest BCUT2D eigenvalue weighted by atomic mass is 19.1. The van der Waals surface area contributed by atoms with Gasteiger partial charge in [-0.1, -0.05) is 30.3 Å². The van der Waals surface area contributed by atoms with Crippen molar-refractivity contribution < 1.29 is 14.3 Å². The lowest BCUT2D eigenvalue weighted by molar-refractivity contribution is 0.0256. The largest absolute Gasteiger partial charge is 0.465 e. The molecule has 1 aliphatic heterocycles. The van der Waals surface area contributed by atoms with E-state index in [-0.39, 0.29) is 17.9 Å². The maximum Gasteiger partial charge on any atom is 0.407 e. The van der Waals surface area contributed by atoms with Crippen LogP contribution in [0.25, 0.3) is 0 Å². The highest BCUT2D eigenvalue weighted by Gasteiger charge is 2.34. The highest BCUT2D eigenvalue weighted by Crippen LogP contribution is 2.20. The lowest BCUT2D eigenvalue weighted by Crippen LogP contribution is -2.59. The molecule has 1 saturated heterocycles. The fourth-order valence-electron chi connectivity index (χ4n) is 3.22. The summed E-state index contributed by atoms with van der Waals surface area (Å²) in [4.78, 5) is 15.2. The fraction of sp³-hybridized carbons (Fsp3) is 0.412. The SMILES string of the molecule is C[C@@H]1CN(Cc2ccccc2)[C@@H](Cn2cc(F)cn2)CN1C(=O)O. The maximum absolute atomic E-state index is 13.2. The van der Waals surface area contributed by atoms with Crippen molar-refractivity contribution in [2.24, 2.45) is 0 Å². The third kappa shape index (κ3) is 3.73. The predicted molar refractivity (Wildman–Crippen MR) is 87.0 cm³/mol. The molecule has 2 aromatic rings. The molecule has 6 nitrogen and oxygen atoms in total. The van der Waals surface area contributed by atoms with Gasteiger partial charge in [0.05, 0.1) is 18.9 Å². The molecular weight excluding hydrogens is 311 g/mol. The van der Waals surface area contributed by atoms with E-state index in [1.165, 1.54) is 27.5 Å². The summed E-state index contributed by atoms with van der Waals surface area (Å²) in [5.41, 5.74) is 1.17. The van der Waals surface area contributed by atoms with E-state index in [9.17, 15) is 14.3 Å². The van der Waals surface area contributed by atoms with Crippen LogP contribution in [0.4, 0.5) is 9.18 Å². The first-order valence-corrected chi connectivity index (χ1v) is 7.98. The van der Waals surface area contributed by atoms with Crippen molar-refractivity contribution >= 4 is 6.09 Å². The fourth-order valence-corrected chi connectivity index (χ4v) is 3.22. The van der Waals surface area contributed by atoms with Gasteiger partial charge in [0, 0.05) is 31.7 Å². The van der Waals surface area contributed by atoms with Gasteiger partial charge in [-0.25, -0.2) is 9.18 Å². The van der Waals surface area contributed by atoms with Gasteiger partial charge >= 0.3 is 6.09 Å². The van der Waals surface area contributed by atoms with E-state index >= 15 is 0 Å². The van der Waals surface area contributed by atoms with E-state index in [0.717, 1.165) is 6.54 Å². The van der Waals surface area contributed by atoms with Crippen LogP contribution in [0.3, 0.4) is 0 Å². The molecular formula is C17H21FN4O2. The molecule has 0 spiro atoms. The summed E-state index contributed by atoms with van der Waals surface area (Å²) in [6.07, 6.45) is 1.59. The Hall–Kier alpha value is -2.41. The van der Waals surface area contributed by atoms with Gasteiger partial charge in [0.2, 0.25) is 0 Å². The molecule has 1 N–H and O–H groups in total. The zero-order valence-corrected chi connectivity index (χ0v) is 13.5. The number of benzene rings is 1. The van der Waals surface area contributed by atoms with E-state index in [1.54, 1.807) is 0 Å². The van der Waals surface area contributed by atoms with E-state index in [0.29, 0.717) is 19.6 Å².